The number of hydrogen-bond donors (Lipinski definition) is 1. The number of fused-ring (bicyclic) bond motifs is 1. The summed E-state index contributed by atoms with van der Waals surface area (Å²) in [5.74, 6) is -0.177. The molecule has 24 heavy (non-hydrogen) atoms. The van der Waals surface area contributed by atoms with E-state index in [1.54, 1.807) is 4.90 Å². The third-order valence-electron chi connectivity index (χ3n) is 4.87. The summed E-state index contributed by atoms with van der Waals surface area (Å²) in [7, 11) is 0. The molecule has 0 aliphatic heterocycles. The van der Waals surface area contributed by atoms with Crippen molar-refractivity contribution in [3.8, 4) is 0 Å². The lowest BCUT2D eigenvalue weighted by atomic mass is 10.0. The van der Waals surface area contributed by atoms with E-state index in [1.165, 1.54) is 0 Å². The van der Waals surface area contributed by atoms with Crippen LogP contribution in [0.2, 0.25) is 0 Å². The third-order valence-corrected chi connectivity index (χ3v) is 4.87. The minimum atomic E-state index is -0.262. The van der Waals surface area contributed by atoms with E-state index in [-0.39, 0.29) is 23.1 Å². The topological polar surface area (TPSA) is 53.2 Å². The van der Waals surface area contributed by atoms with Gasteiger partial charge < -0.3 is 9.88 Å². The summed E-state index contributed by atoms with van der Waals surface area (Å²) in [6, 6.07) is 11.8. The highest BCUT2D eigenvalue weighted by Crippen LogP contribution is 2.26. The Labute approximate surface area is 142 Å². The molecule has 4 nitrogen and oxygen atoms in total. The molecular formula is C20H24N2O2. The van der Waals surface area contributed by atoms with Crippen molar-refractivity contribution >= 4 is 5.91 Å². The van der Waals surface area contributed by atoms with Gasteiger partial charge in [-0.25, -0.2) is 0 Å². The van der Waals surface area contributed by atoms with Crippen molar-refractivity contribution in [2.75, 3.05) is 6.54 Å². The van der Waals surface area contributed by atoms with Crippen LogP contribution in [0.4, 0.5) is 0 Å². The van der Waals surface area contributed by atoms with E-state index >= 15 is 0 Å². The summed E-state index contributed by atoms with van der Waals surface area (Å²) in [5.41, 5.74) is 3.22. The van der Waals surface area contributed by atoms with Gasteiger partial charge >= 0.3 is 0 Å². The summed E-state index contributed by atoms with van der Waals surface area (Å²) in [6.45, 7) is 4.61. The van der Waals surface area contributed by atoms with Gasteiger partial charge in [0.1, 0.15) is 5.56 Å². The van der Waals surface area contributed by atoms with Crippen molar-refractivity contribution < 1.29 is 4.79 Å². The van der Waals surface area contributed by atoms with E-state index in [2.05, 4.69) is 11.9 Å². The first-order valence-electron chi connectivity index (χ1n) is 8.76. The number of carbonyl (C=O) groups excluding carboxylic acids is 1. The monoisotopic (exact) mass is 324 g/mol. The van der Waals surface area contributed by atoms with Crippen LogP contribution in [0.5, 0.6) is 0 Å². The zero-order valence-electron chi connectivity index (χ0n) is 14.3. The zero-order chi connectivity index (χ0) is 17.1. The maximum atomic E-state index is 13.1. The Morgan fingerprint density at radius 1 is 1.21 bits per heavy atom. The van der Waals surface area contributed by atoms with Gasteiger partial charge in [-0.15, -0.1) is 0 Å². The smallest absolute Gasteiger partial charge is 0.261 e. The average Bonchev–Trinajstić information content (AvgIpc) is 3.06. The van der Waals surface area contributed by atoms with Gasteiger partial charge in [0, 0.05) is 12.2 Å². The Morgan fingerprint density at radius 2 is 1.96 bits per heavy atom. The van der Waals surface area contributed by atoms with Gasteiger partial charge in [-0.3, -0.25) is 9.59 Å². The molecule has 0 saturated heterocycles. The molecule has 1 aliphatic rings. The van der Waals surface area contributed by atoms with E-state index < -0.39 is 0 Å². The molecule has 0 spiro atoms. The number of pyridine rings is 1. The number of H-pyrrole nitrogens is 1. The third kappa shape index (κ3) is 3.01. The quantitative estimate of drug-likeness (QED) is 0.915. The van der Waals surface area contributed by atoms with Gasteiger partial charge in [0.2, 0.25) is 0 Å². The molecule has 1 unspecified atom stereocenters. The fourth-order valence-electron chi connectivity index (χ4n) is 3.64. The first kappa shape index (κ1) is 16.5. The maximum absolute atomic E-state index is 13.1. The molecule has 0 radical (unpaired) electrons. The van der Waals surface area contributed by atoms with Crippen LogP contribution in [0.25, 0.3) is 0 Å². The predicted octanol–water partition coefficient (Wildman–Crippen LogP) is 3.48. The number of amides is 1. The van der Waals surface area contributed by atoms with Crippen molar-refractivity contribution in [1.29, 1.82) is 0 Å². The molecule has 0 fully saturated rings. The Balaban J connectivity index is 1.96. The number of benzene rings is 1. The molecule has 0 saturated carbocycles. The van der Waals surface area contributed by atoms with Crippen LogP contribution >= 0.6 is 0 Å². The van der Waals surface area contributed by atoms with Gasteiger partial charge in [-0.05, 0) is 49.8 Å². The SMILES string of the molecule is CCC(c1ccccc1)N(CC)C(=O)c1cc2c([nH]c1=O)CCC2. The lowest BCUT2D eigenvalue weighted by Gasteiger charge is -2.30. The van der Waals surface area contributed by atoms with Gasteiger partial charge in [-0.1, -0.05) is 37.3 Å². The van der Waals surface area contributed by atoms with Gasteiger partial charge in [-0.2, -0.15) is 0 Å². The number of carbonyl (C=O) groups is 1. The Kier molecular flexibility index (Phi) is 4.84. The molecule has 1 heterocycles. The van der Waals surface area contributed by atoms with Crippen LogP contribution in [0.3, 0.4) is 0 Å². The second-order valence-corrected chi connectivity index (χ2v) is 6.30. The average molecular weight is 324 g/mol. The summed E-state index contributed by atoms with van der Waals surface area (Å²) >= 11 is 0. The number of nitrogens with one attached hydrogen (secondary N) is 1. The highest BCUT2D eigenvalue weighted by atomic mass is 16.2. The number of aryl methyl sites for hydroxylation is 2. The lowest BCUT2D eigenvalue weighted by Crippen LogP contribution is -2.37. The normalized spacial score (nSPS) is 14.2. The molecule has 1 N–H and O–H groups in total. The summed E-state index contributed by atoms with van der Waals surface area (Å²) in [5, 5.41) is 0. The highest BCUT2D eigenvalue weighted by molar-refractivity contribution is 5.94. The lowest BCUT2D eigenvalue weighted by molar-refractivity contribution is 0.0681. The molecule has 1 amide bonds. The first-order chi connectivity index (χ1) is 11.7. The fourth-order valence-corrected chi connectivity index (χ4v) is 3.64. The van der Waals surface area contributed by atoms with Crippen LogP contribution in [0.1, 0.15) is 59.9 Å². The molecule has 4 heteroatoms. The number of aromatic nitrogens is 1. The fraction of sp³-hybridized carbons (Fsp3) is 0.400. The Bertz CT molecular complexity index is 780. The largest absolute Gasteiger partial charge is 0.332 e. The van der Waals surface area contributed by atoms with Crippen molar-refractivity contribution in [3.05, 3.63) is 69.1 Å². The van der Waals surface area contributed by atoms with E-state index in [1.807, 2.05) is 43.3 Å². The molecule has 3 rings (SSSR count). The Hall–Kier alpha value is -2.36. The second-order valence-electron chi connectivity index (χ2n) is 6.30. The minimum Gasteiger partial charge on any atom is -0.332 e. The molecule has 1 aromatic heterocycles. The van der Waals surface area contributed by atoms with Gasteiger partial charge in [0.25, 0.3) is 11.5 Å². The minimum absolute atomic E-state index is 0.0173. The van der Waals surface area contributed by atoms with Crippen molar-refractivity contribution in [2.45, 2.75) is 45.6 Å². The molecule has 1 atom stereocenters. The first-order valence-corrected chi connectivity index (χ1v) is 8.76. The van der Waals surface area contributed by atoms with Crippen LogP contribution in [-0.4, -0.2) is 22.3 Å². The van der Waals surface area contributed by atoms with Crippen molar-refractivity contribution in [1.82, 2.24) is 9.88 Å². The maximum Gasteiger partial charge on any atom is 0.261 e. The van der Waals surface area contributed by atoms with Crippen molar-refractivity contribution in [3.63, 3.8) is 0 Å². The number of hydrogen-bond acceptors (Lipinski definition) is 2. The molecule has 1 aromatic carbocycles. The molecule has 2 aromatic rings. The number of aromatic amines is 1. The van der Waals surface area contributed by atoms with Gasteiger partial charge in [0.05, 0.1) is 6.04 Å². The number of nitrogens with zero attached hydrogens (tertiary/aromatic N) is 1. The summed E-state index contributed by atoms with van der Waals surface area (Å²) in [6.07, 6.45) is 3.70. The van der Waals surface area contributed by atoms with Crippen LogP contribution < -0.4 is 5.56 Å². The summed E-state index contributed by atoms with van der Waals surface area (Å²) in [4.78, 5) is 30.2. The predicted molar refractivity (Wildman–Crippen MR) is 95.3 cm³/mol. The van der Waals surface area contributed by atoms with E-state index in [0.717, 1.165) is 42.5 Å². The second kappa shape index (κ2) is 7.04. The van der Waals surface area contributed by atoms with Crippen molar-refractivity contribution in [2.24, 2.45) is 0 Å². The number of rotatable bonds is 5. The molecule has 126 valence electrons. The zero-order valence-corrected chi connectivity index (χ0v) is 14.3. The Morgan fingerprint density at radius 3 is 2.62 bits per heavy atom. The van der Waals surface area contributed by atoms with E-state index in [9.17, 15) is 9.59 Å². The molecule has 0 bridgehead atoms. The standard InChI is InChI=1S/C20H24N2O2/c1-3-18(14-9-6-5-7-10-14)22(4-2)20(24)16-13-15-11-8-12-17(15)21-19(16)23/h5-7,9-10,13,18H,3-4,8,11-12H2,1-2H3,(H,21,23). The van der Waals surface area contributed by atoms with E-state index in [4.69, 9.17) is 0 Å². The van der Waals surface area contributed by atoms with Crippen LogP contribution in [-0.2, 0) is 12.8 Å². The summed E-state index contributed by atoms with van der Waals surface area (Å²) < 4.78 is 0. The molecule has 1 aliphatic carbocycles. The highest BCUT2D eigenvalue weighted by Gasteiger charge is 2.26. The molecular weight excluding hydrogens is 300 g/mol. The van der Waals surface area contributed by atoms with Gasteiger partial charge in [0.15, 0.2) is 0 Å². The van der Waals surface area contributed by atoms with Crippen LogP contribution in [0.15, 0.2) is 41.2 Å². The van der Waals surface area contributed by atoms with Crippen LogP contribution in [0, 0.1) is 0 Å². The van der Waals surface area contributed by atoms with E-state index in [0.29, 0.717) is 6.54 Å².